The molecule has 1 unspecified atom stereocenters. The maximum absolute atomic E-state index is 8.59. The largest absolute Gasteiger partial charge is 0.198 e. The fraction of sp³-hybridized carbons (Fsp3) is 0.769. The summed E-state index contributed by atoms with van der Waals surface area (Å²) in [6.45, 7) is 8.86. The van der Waals surface area contributed by atoms with Crippen molar-refractivity contribution >= 4 is 0 Å². The summed E-state index contributed by atoms with van der Waals surface area (Å²) in [7, 11) is 0. The van der Waals surface area contributed by atoms with Gasteiger partial charge < -0.3 is 0 Å². The van der Waals surface area contributed by atoms with Crippen molar-refractivity contribution in [2.75, 3.05) is 0 Å². The summed E-state index contributed by atoms with van der Waals surface area (Å²) >= 11 is 0. The van der Waals surface area contributed by atoms with Crippen LogP contribution in [-0.4, -0.2) is 0 Å². The summed E-state index contributed by atoms with van der Waals surface area (Å²) in [6.07, 6.45) is 8.39. The fourth-order valence-electron chi connectivity index (χ4n) is 1.71. The standard InChI is InChI=1S/C13H23N/c1-5-6-7-9-12(10-8-11-14)13(2,3)4/h5-6,12H,7-10H2,1-4H3/b6-5+. The van der Waals surface area contributed by atoms with E-state index >= 15 is 0 Å². The van der Waals surface area contributed by atoms with Crippen LogP contribution in [-0.2, 0) is 0 Å². The highest BCUT2D eigenvalue weighted by Gasteiger charge is 2.23. The van der Waals surface area contributed by atoms with Gasteiger partial charge in [0.05, 0.1) is 6.07 Å². The van der Waals surface area contributed by atoms with Crippen LogP contribution < -0.4 is 0 Å². The van der Waals surface area contributed by atoms with E-state index in [1.54, 1.807) is 0 Å². The van der Waals surface area contributed by atoms with Crippen molar-refractivity contribution in [3.63, 3.8) is 0 Å². The monoisotopic (exact) mass is 193 g/mol. The molecule has 0 aliphatic carbocycles. The van der Waals surface area contributed by atoms with Crippen molar-refractivity contribution in [1.82, 2.24) is 0 Å². The van der Waals surface area contributed by atoms with Crippen LogP contribution >= 0.6 is 0 Å². The van der Waals surface area contributed by atoms with Gasteiger partial charge in [0.15, 0.2) is 0 Å². The summed E-state index contributed by atoms with van der Waals surface area (Å²) in [5.41, 5.74) is 0.332. The summed E-state index contributed by atoms with van der Waals surface area (Å²) in [5.74, 6) is 0.665. The van der Waals surface area contributed by atoms with E-state index in [4.69, 9.17) is 5.26 Å². The number of allylic oxidation sites excluding steroid dienone is 2. The second-order valence-corrected chi connectivity index (χ2v) is 4.91. The Morgan fingerprint density at radius 3 is 2.36 bits per heavy atom. The number of hydrogen-bond acceptors (Lipinski definition) is 1. The molecule has 0 saturated heterocycles. The van der Waals surface area contributed by atoms with Gasteiger partial charge in [0, 0.05) is 6.42 Å². The van der Waals surface area contributed by atoms with Crippen molar-refractivity contribution in [3.05, 3.63) is 12.2 Å². The third kappa shape index (κ3) is 5.80. The lowest BCUT2D eigenvalue weighted by molar-refractivity contribution is 0.215. The second-order valence-electron chi connectivity index (χ2n) is 4.91. The van der Waals surface area contributed by atoms with E-state index in [0.717, 1.165) is 12.8 Å². The molecule has 1 heteroatoms. The third-order valence-electron chi connectivity index (χ3n) is 2.75. The van der Waals surface area contributed by atoms with Crippen molar-refractivity contribution in [2.45, 2.75) is 53.4 Å². The highest BCUT2D eigenvalue weighted by atomic mass is 14.3. The molecular weight excluding hydrogens is 170 g/mol. The van der Waals surface area contributed by atoms with E-state index in [1.165, 1.54) is 6.42 Å². The SMILES string of the molecule is C/C=C/CCC(CCC#N)C(C)(C)C. The van der Waals surface area contributed by atoms with Crippen LogP contribution in [0.25, 0.3) is 0 Å². The van der Waals surface area contributed by atoms with E-state index in [2.05, 4.69) is 45.9 Å². The van der Waals surface area contributed by atoms with Crippen LogP contribution in [0.2, 0.25) is 0 Å². The van der Waals surface area contributed by atoms with Gasteiger partial charge in [0.2, 0.25) is 0 Å². The second kappa shape index (κ2) is 6.65. The Morgan fingerprint density at radius 1 is 1.29 bits per heavy atom. The van der Waals surface area contributed by atoms with E-state index in [9.17, 15) is 0 Å². The van der Waals surface area contributed by atoms with Gasteiger partial charge in [-0.25, -0.2) is 0 Å². The average molecular weight is 193 g/mol. The van der Waals surface area contributed by atoms with Crippen LogP contribution in [0.1, 0.15) is 53.4 Å². The van der Waals surface area contributed by atoms with Gasteiger partial charge in [-0.05, 0) is 37.5 Å². The Balaban J connectivity index is 4.06. The predicted octanol–water partition coefficient (Wildman–Crippen LogP) is 4.31. The Hall–Kier alpha value is -0.770. The smallest absolute Gasteiger partial charge is 0.0621 e. The summed E-state index contributed by atoms with van der Waals surface area (Å²) < 4.78 is 0. The molecule has 0 bridgehead atoms. The first-order chi connectivity index (χ1) is 6.52. The minimum absolute atomic E-state index is 0.332. The Labute approximate surface area is 88.8 Å². The van der Waals surface area contributed by atoms with E-state index in [0.29, 0.717) is 17.8 Å². The van der Waals surface area contributed by atoms with Crippen LogP contribution in [0.4, 0.5) is 0 Å². The van der Waals surface area contributed by atoms with Crippen molar-refractivity contribution in [3.8, 4) is 6.07 Å². The van der Waals surface area contributed by atoms with Gasteiger partial charge in [-0.3, -0.25) is 0 Å². The zero-order valence-corrected chi connectivity index (χ0v) is 10.0. The van der Waals surface area contributed by atoms with E-state index < -0.39 is 0 Å². The molecule has 0 N–H and O–H groups in total. The minimum Gasteiger partial charge on any atom is -0.198 e. The lowest BCUT2D eigenvalue weighted by atomic mass is 9.75. The molecule has 1 atom stereocenters. The van der Waals surface area contributed by atoms with Gasteiger partial charge in [-0.15, -0.1) is 0 Å². The molecule has 0 aromatic carbocycles. The Morgan fingerprint density at radius 2 is 1.93 bits per heavy atom. The highest BCUT2D eigenvalue weighted by molar-refractivity contribution is 4.83. The number of nitriles is 1. The van der Waals surface area contributed by atoms with Crippen LogP contribution in [0.3, 0.4) is 0 Å². The number of hydrogen-bond donors (Lipinski definition) is 0. The molecule has 0 saturated carbocycles. The molecule has 0 fully saturated rings. The quantitative estimate of drug-likeness (QED) is 0.597. The molecule has 0 amide bonds. The molecule has 0 heterocycles. The number of nitrogens with zero attached hydrogens (tertiary/aromatic N) is 1. The molecule has 0 rings (SSSR count). The molecule has 0 radical (unpaired) electrons. The molecular formula is C13H23N. The van der Waals surface area contributed by atoms with Gasteiger partial charge in [-0.2, -0.15) is 5.26 Å². The third-order valence-corrected chi connectivity index (χ3v) is 2.75. The lowest BCUT2D eigenvalue weighted by Gasteiger charge is -2.30. The van der Waals surface area contributed by atoms with Crippen molar-refractivity contribution < 1.29 is 0 Å². The first kappa shape index (κ1) is 13.2. The molecule has 1 nitrogen and oxygen atoms in total. The van der Waals surface area contributed by atoms with Gasteiger partial charge in [0.25, 0.3) is 0 Å². The topological polar surface area (TPSA) is 23.8 Å². The van der Waals surface area contributed by atoms with Gasteiger partial charge in [-0.1, -0.05) is 32.9 Å². The van der Waals surface area contributed by atoms with Gasteiger partial charge in [0.1, 0.15) is 0 Å². The molecule has 80 valence electrons. The van der Waals surface area contributed by atoms with Crippen molar-refractivity contribution in [1.29, 1.82) is 5.26 Å². The van der Waals surface area contributed by atoms with Gasteiger partial charge >= 0.3 is 0 Å². The zero-order chi connectivity index (χ0) is 11.0. The summed E-state index contributed by atoms with van der Waals surface area (Å²) in [4.78, 5) is 0. The maximum atomic E-state index is 8.59. The molecule has 0 aliphatic rings. The Bertz CT molecular complexity index is 202. The first-order valence-electron chi connectivity index (χ1n) is 5.50. The maximum Gasteiger partial charge on any atom is 0.0621 e. The van der Waals surface area contributed by atoms with E-state index in [1.807, 2.05) is 0 Å². The van der Waals surface area contributed by atoms with Crippen LogP contribution in [0.15, 0.2) is 12.2 Å². The minimum atomic E-state index is 0.332. The lowest BCUT2D eigenvalue weighted by Crippen LogP contribution is -2.20. The molecule has 0 aromatic heterocycles. The molecule has 0 aliphatic heterocycles. The molecule has 14 heavy (non-hydrogen) atoms. The van der Waals surface area contributed by atoms with Crippen molar-refractivity contribution in [2.24, 2.45) is 11.3 Å². The fourth-order valence-corrected chi connectivity index (χ4v) is 1.71. The van der Waals surface area contributed by atoms with Crippen LogP contribution in [0, 0.1) is 22.7 Å². The Kier molecular flexibility index (Phi) is 6.28. The molecule has 0 spiro atoms. The molecule has 0 aromatic rings. The highest BCUT2D eigenvalue weighted by Crippen LogP contribution is 2.33. The zero-order valence-electron chi connectivity index (χ0n) is 10.0. The normalized spacial score (nSPS) is 14.2. The predicted molar refractivity (Wildman–Crippen MR) is 61.8 cm³/mol. The van der Waals surface area contributed by atoms with Crippen LogP contribution in [0.5, 0.6) is 0 Å². The van der Waals surface area contributed by atoms with E-state index in [-0.39, 0.29) is 0 Å². The first-order valence-corrected chi connectivity index (χ1v) is 5.50. The summed E-state index contributed by atoms with van der Waals surface area (Å²) in [6, 6.07) is 2.24. The average Bonchev–Trinajstić information content (AvgIpc) is 2.09. The summed E-state index contributed by atoms with van der Waals surface area (Å²) in [5, 5.41) is 8.59. The number of rotatable bonds is 5.